The summed E-state index contributed by atoms with van der Waals surface area (Å²) in [6.07, 6.45) is 7.07. The van der Waals surface area contributed by atoms with Crippen molar-refractivity contribution in [1.82, 2.24) is 20.3 Å². The largest absolute Gasteiger partial charge is 0.481 e. The Morgan fingerprint density at radius 3 is 2.82 bits per heavy atom. The summed E-state index contributed by atoms with van der Waals surface area (Å²) in [5, 5.41) is 13.6. The fourth-order valence-corrected chi connectivity index (χ4v) is 2.54. The summed E-state index contributed by atoms with van der Waals surface area (Å²) >= 11 is 1.34. The van der Waals surface area contributed by atoms with Crippen LogP contribution < -0.4 is 5.32 Å². The number of nitrogens with zero attached hydrogens (tertiary/aromatic N) is 3. The minimum Gasteiger partial charge on any atom is -0.481 e. The van der Waals surface area contributed by atoms with Crippen LogP contribution >= 0.6 is 11.3 Å². The van der Waals surface area contributed by atoms with Crippen LogP contribution in [-0.4, -0.2) is 38.5 Å². The van der Waals surface area contributed by atoms with Gasteiger partial charge in [-0.2, -0.15) is 0 Å². The van der Waals surface area contributed by atoms with Crippen LogP contribution in [0.2, 0.25) is 0 Å². The lowest BCUT2D eigenvalue weighted by Crippen LogP contribution is -2.24. The molecule has 1 amide bonds. The number of nitrogens with one attached hydrogen (secondary N) is 1. The molecule has 7 nitrogen and oxygen atoms in total. The van der Waals surface area contributed by atoms with Gasteiger partial charge in [-0.05, 0) is 12.8 Å². The summed E-state index contributed by atoms with van der Waals surface area (Å²) in [6, 6.07) is 0. The van der Waals surface area contributed by atoms with E-state index in [0.717, 1.165) is 12.8 Å². The molecule has 2 heterocycles. The number of aromatic nitrogens is 3. The number of carboxylic acid groups (broad SMARTS) is 1. The second-order valence-electron chi connectivity index (χ2n) is 4.59. The number of hydrogen-bond donors (Lipinski definition) is 2. The van der Waals surface area contributed by atoms with Gasteiger partial charge in [0.05, 0.1) is 6.20 Å². The molecule has 0 radical (unpaired) electrons. The quantitative estimate of drug-likeness (QED) is 0.721. The van der Waals surface area contributed by atoms with E-state index >= 15 is 0 Å². The third-order valence-electron chi connectivity index (χ3n) is 2.87. The molecule has 0 aliphatic rings. The van der Waals surface area contributed by atoms with Gasteiger partial charge in [-0.15, -0.1) is 11.3 Å². The molecule has 0 saturated carbocycles. The van der Waals surface area contributed by atoms with Crippen LogP contribution in [0.1, 0.15) is 36.2 Å². The fourth-order valence-electron chi connectivity index (χ4n) is 1.78. The lowest BCUT2D eigenvalue weighted by atomic mass is 10.2. The molecule has 2 rings (SSSR count). The maximum Gasteiger partial charge on any atom is 0.303 e. The highest BCUT2D eigenvalue weighted by Crippen LogP contribution is 2.20. The van der Waals surface area contributed by atoms with Crippen LogP contribution in [0, 0.1) is 0 Å². The average molecular weight is 320 g/mol. The first-order chi connectivity index (χ1) is 10.7. The van der Waals surface area contributed by atoms with E-state index in [1.54, 1.807) is 24.0 Å². The molecule has 0 aromatic carbocycles. The Bertz CT molecular complexity index is 630. The maximum atomic E-state index is 11.9. The third kappa shape index (κ3) is 4.88. The summed E-state index contributed by atoms with van der Waals surface area (Å²) in [6.45, 7) is 0.510. The number of aliphatic carboxylic acids is 1. The first kappa shape index (κ1) is 16.0. The Labute approximate surface area is 131 Å². The molecule has 22 heavy (non-hydrogen) atoms. The molecule has 2 N–H and O–H groups in total. The van der Waals surface area contributed by atoms with Gasteiger partial charge in [0, 0.05) is 30.7 Å². The number of unbranched alkanes of at least 4 members (excludes halogenated alkanes) is 2. The highest BCUT2D eigenvalue weighted by atomic mass is 32.1. The Kier molecular flexibility index (Phi) is 5.96. The van der Waals surface area contributed by atoms with Crippen molar-refractivity contribution in [2.45, 2.75) is 25.7 Å². The van der Waals surface area contributed by atoms with E-state index < -0.39 is 5.97 Å². The molecule has 2 aromatic rings. The predicted octanol–water partition coefficient (Wildman–Crippen LogP) is 1.97. The van der Waals surface area contributed by atoms with Gasteiger partial charge in [-0.3, -0.25) is 19.6 Å². The van der Waals surface area contributed by atoms with Crippen LogP contribution in [0.25, 0.3) is 10.7 Å². The van der Waals surface area contributed by atoms with Crippen molar-refractivity contribution < 1.29 is 14.7 Å². The van der Waals surface area contributed by atoms with Crippen LogP contribution in [0.3, 0.4) is 0 Å². The Morgan fingerprint density at radius 1 is 1.23 bits per heavy atom. The summed E-state index contributed by atoms with van der Waals surface area (Å²) in [5.41, 5.74) is 0.997. The molecule has 8 heteroatoms. The van der Waals surface area contributed by atoms with E-state index in [1.807, 2.05) is 0 Å². The van der Waals surface area contributed by atoms with Gasteiger partial charge in [0.1, 0.15) is 16.4 Å². The average Bonchev–Trinajstić information content (AvgIpc) is 3.01. The topological polar surface area (TPSA) is 105 Å². The predicted molar refractivity (Wildman–Crippen MR) is 81.6 cm³/mol. The zero-order valence-corrected chi connectivity index (χ0v) is 12.7. The lowest BCUT2D eigenvalue weighted by Gasteiger charge is -2.02. The van der Waals surface area contributed by atoms with Crippen molar-refractivity contribution in [2.75, 3.05) is 6.54 Å². The van der Waals surface area contributed by atoms with Crippen molar-refractivity contribution in [3.63, 3.8) is 0 Å². The first-order valence-corrected chi connectivity index (χ1v) is 7.76. The maximum absolute atomic E-state index is 11.9. The highest BCUT2D eigenvalue weighted by molar-refractivity contribution is 7.13. The van der Waals surface area contributed by atoms with Gasteiger partial charge in [-0.1, -0.05) is 6.42 Å². The van der Waals surface area contributed by atoms with Gasteiger partial charge in [0.15, 0.2) is 0 Å². The Hall–Kier alpha value is -2.35. The number of carboxylic acids is 1. The monoisotopic (exact) mass is 320 g/mol. The molecule has 0 aliphatic heterocycles. The molecule has 0 atom stereocenters. The number of carbonyl (C=O) groups excluding carboxylic acids is 1. The molecule has 2 aromatic heterocycles. The standard InChI is InChI=1S/C14H16N4O3S/c19-12(20)4-2-1-3-5-17-13(21)11-9-22-14(18-11)10-8-15-6-7-16-10/h6-9H,1-5H2,(H,17,21)(H,19,20). The number of hydrogen-bond acceptors (Lipinski definition) is 6. The van der Waals surface area contributed by atoms with Crippen molar-refractivity contribution in [2.24, 2.45) is 0 Å². The van der Waals surface area contributed by atoms with E-state index in [0.29, 0.717) is 29.4 Å². The van der Waals surface area contributed by atoms with Crippen molar-refractivity contribution in [3.05, 3.63) is 29.7 Å². The molecule has 0 spiro atoms. The zero-order chi connectivity index (χ0) is 15.8. The summed E-state index contributed by atoms with van der Waals surface area (Å²) in [4.78, 5) is 34.6. The molecule has 0 saturated heterocycles. The highest BCUT2D eigenvalue weighted by Gasteiger charge is 2.12. The van der Waals surface area contributed by atoms with Gasteiger partial charge in [0.2, 0.25) is 0 Å². The molecule has 0 aliphatic carbocycles. The Morgan fingerprint density at radius 2 is 2.09 bits per heavy atom. The normalized spacial score (nSPS) is 10.4. The molecule has 0 fully saturated rings. The smallest absolute Gasteiger partial charge is 0.303 e. The van der Waals surface area contributed by atoms with Gasteiger partial charge < -0.3 is 10.4 Å². The SMILES string of the molecule is O=C(O)CCCCCNC(=O)c1csc(-c2cnccn2)n1. The van der Waals surface area contributed by atoms with E-state index in [9.17, 15) is 9.59 Å². The zero-order valence-electron chi connectivity index (χ0n) is 11.9. The van der Waals surface area contributed by atoms with Crippen LogP contribution in [0.15, 0.2) is 24.0 Å². The summed E-state index contributed by atoms with van der Waals surface area (Å²) in [5.74, 6) is -1.02. The minimum absolute atomic E-state index is 0.168. The first-order valence-electron chi connectivity index (χ1n) is 6.88. The molecule has 116 valence electrons. The molecular weight excluding hydrogens is 304 g/mol. The van der Waals surface area contributed by atoms with Gasteiger partial charge in [-0.25, -0.2) is 4.98 Å². The second-order valence-corrected chi connectivity index (χ2v) is 5.45. The van der Waals surface area contributed by atoms with E-state index in [4.69, 9.17) is 5.11 Å². The number of rotatable bonds is 8. The minimum atomic E-state index is -0.789. The van der Waals surface area contributed by atoms with E-state index in [-0.39, 0.29) is 12.3 Å². The van der Waals surface area contributed by atoms with Gasteiger partial charge >= 0.3 is 5.97 Å². The van der Waals surface area contributed by atoms with Crippen molar-refractivity contribution in [1.29, 1.82) is 0 Å². The summed E-state index contributed by atoms with van der Waals surface area (Å²) in [7, 11) is 0. The van der Waals surface area contributed by atoms with E-state index in [2.05, 4.69) is 20.3 Å². The van der Waals surface area contributed by atoms with Crippen molar-refractivity contribution in [3.8, 4) is 10.7 Å². The second kappa shape index (κ2) is 8.18. The van der Waals surface area contributed by atoms with Crippen molar-refractivity contribution >= 4 is 23.2 Å². The lowest BCUT2D eigenvalue weighted by molar-refractivity contribution is -0.137. The molecular formula is C14H16N4O3S. The van der Waals surface area contributed by atoms with Crippen LogP contribution in [-0.2, 0) is 4.79 Å². The fraction of sp³-hybridized carbons (Fsp3) is 0.357. The Balaban J connectivity index is 1.77. The van der Waals surface area contributed by atoms with Crippen LogP contribution in [0.5, 0.6) is 0 Å². The summed E-state index contributed by atoms with van der Waals surface area (Å²) < 4.78 is 0. The molecule has 0 bridgehead atoms. The number of thiazole rings is 1. The third-order valence-corrected chi connectivity index (χ3v) is 3.74. The van der Waals surface area contributed by atoms with E-state index in [1.165, 1.54) is 11.3 Å². The van der Waals surface area contributed by atoms with Crippen LogP contribution in [0.4, 0.5) is 0 Å². The number of carbonyl (C=O) groups is 2. The molecule has 0 unspecified atom stereocenters. The van der Waals surface area contributed by atoms with Gasteiger partial charge in [0.25, 0.3) is 5.91 Å². The number of amides is 1.